The Morgan fingerprint density at radius 2 is 2.38 bits per heavy atom. The minimum Gasteiger partial charge on any atom is -0.497 e. The molecule has 0 radical (unpaired) electrons. The van der Waals surface area contributed by atoms with Crippen LogP contribution in [0.4, 0.5) is 0 Å². The van der Waals surface area contributed by atoms with Gasteiger partial charge in [0.25, 0.3) is 0 Å². The van der Waals surface area contributed by atoms with E-state index in [1.54, 1.807) is 0 Å². The average Bonchev–Trinajstić information content (AvgIpc) is 2.70. The smallest absolute Gasteiger partial charge is 0.119 e. The van der Waals surface area contributed by atoms with Gasteiger partial charge in [0.15, 0.2) is 0 Å². The fourth-order valence-corrected chi connectivity index (χ4v) is 3.47. The van der Waals surface area contributed by atoms with Gasteiger partial charge in [-0.1, -0.05) is 13.0 Å². The number of benzene rings is 1. The Morgan fingerprint density at radius 3 is 3.19 bits per heavy atom. The molecule has 1 saturated heterocycles. The van der Waals surface area contributed by atoms with Crippen LogP contribution in [0.2, 0.25) is 0 Å². The number of methoxy groups -OCH3 is 1. The minimum absolute atomic E-state index is 0.0155. The summed E-state index contributed by atoms with van der Waals surface area (Å²) in [5, 5.41) is 0. The Kier molecular flexibility index (Phi) is 1.33. The van der Waals surface area contributed by atoms with Gasteiger partial charge >= 0.3 is 0 Å². The van der Waals surface area contributed by atoms with Crippen LogP contribution in [0.25, 0.3) is 0 Å². The highest BCUT2D eigenvalue weighted by molar-refractivity contribution is 5.45. The maximum Gasteiger partial charge on any atom is 0.119 e. The molecule has 21 heavy (non-hydrogen) atoms. The van der Waals surface area contributed by atoms with Gasteiger partial charge in [0.2, 0.25) is 0 Å². The fourth-order valence-electron chi connectivity index (χ4n) is 3.47. The summed E-state index contributed by atoms with van der Waals surface area (Å²) in [6.45, 7) is 0.940. The predicted molar refractivity (Wildman–Crippen MR) is 85.9 cm³/mol. The Bertz CT molecular complexity index is 1060. The third-order valence-electron chi connectivity index (χ3n) is 4.62. The SMILES string of the molecule is [2H]c1c([2H])c(OC)c([2H])c2c1C[C@]1([2H])N(C)CC[C@]23C([2H])([2H])C([2H])([2H])C([2H])(C)C([2H])([2H])[C@]13[2H]. The van der Waals surface area contributed by atoms with E-state index in [0.29, 0.717) is 0 Å². The third-order valence-corrected chi connectivity index (χ3v) is 4.62. The molecule has 0 amide bonds. The molecule has 2 heteroatoms. The lowest BCUT2D eigenvalue weighted by Crippen LogP contribution is -2.60. The highest BCUT2D eigenvalue weighted by atomic mass is 16.5. The molecule has 1 unspecified atom stereocenters. The summed E-state index contributed by atoms with van der Waals surface area (Å²) in [5.41, 5.74) is -2.69. The number of fused-ring (bicyclic) bond motifs is 1. The van der Waals surface area contributed by atoms with Crippen molar-refractivity contribution in [3.05, 3.63) is 29.3 Å². The molecular weight excluding hydrogens is 258 g/mol. The van der Waals surface area contributed by atoms with Crippen LogP contribution >= 0.6 is 0 Å². The summed E-state index contributed by atoms with van der Waals surface area (Å²) >= 11 is 0. The van der Waals surface area contributed by atoms with E-state index in [1.807, 2.05) is 0 Å². The highest BCUT2D eigenvalue weighted by Gasteiger charge is 2.54. The highest BCUT2D eigenvalue weighted by Crippen LogP contribution is 2.56. The van der Waals surface area contributed by atoms with Crippen LogP contribution in [0.15, 0.2) is 18.1 Å². The van der Waals surface area contributed by atoms with Crippen molar-refractivity contribution < 1.29 is 21.2 Å². The van der Waals surface area contributed by atoms with Crippen LogP contribution in [0, 0.1) is 11.8 Å². The molecule has 0 spiro atoms. The van der Waals surface area contributed by atoms with E-state index in [1.165, 1.54) is 19.1 Å². The van der Waals surface area contributed by atoms with Gasteiger partial charge < -0.3 is 9.64 Å². The molecule has 2 aliphatic carbocycles. The number of rotatable bonds is 1. The van der Waals surface area contributed by atoms with Crippen molar-refractivity contribution in [2.24, 2.45) is 11.8 Å². The van der Waals surface area contributed by atoms with E-state index < -0.39 is 66.9 Å². The van der Waals surface area contributed by atoms with Gasteiger partial charge in [-0.05, 0) is 80.6 Å². The fraction of sp³-hybridized carbons (Fsp3) is 0.684. The Hall–Kier alpha value is -1.02. The Morgan fingerprint density at radius 1 is 1.52 bits per heavy atom. The molecule has 1 aromatic rings. The number of likely N-dealkylation sites (N-methyl/N-ethyl adjacent to an activating group) is 1. The van der Waals surface area contributed by atoms with Crippen LogP contribution in [0.5, 0.6) is 5.75 Å². The standard InChI is InChI=1S/C19H27NO/c1-13-6-7-19-8-9-20(2)18(17(19)10-13)11-14-4-5-15(21-3)12-16(14)19/h4-5,12-13,17-18H,6-11H2,1-3H3/t13?,17-,18+,19-/m1/s1/i4D,5D,6D2,7D2,10D2,12D,13D,17D,18D. The molecule has 2 fully saturated rings. The molecule has 3 aliphatic rings. The van der Waals surface area contributed by atoms with Crippen molar-refractivity contribution in [2.45, 2.75) is 50.3 Å². The Labute approximate surface area is 145 Å². The van der Waals surface area contributed by atoms with Crippen LogP contribution < -0.4 is 4.74 Å². The second-order valence-electron chi connectivity index (χ2n) is 5.84. The molecule has 1 aliphatic heterocycles. The lowest BCUT2D eigenvalue weighted by atomic mass is 9.51. The topological polar surface area (TPSA) is 12.5 Å². The molecule has 4 atom stereocenters. The quantitative estimate of drug-likeness (QED) is 0.785. The van der Waals surface area contributed by atoms with E-state index in [0.717, 1.165) is 6.92 Å². The lowest BCUT2D eigenvalue weighted by Gasteiger charge is -2.59. The second kappa shape index (κ2) is 4.74. The minimum atomic E-state index is -3.14. The molecule has 1 heterocycles. The van der Waals surface area contributed by atoms with Gasteiger partial charge in [0.05, 0.1) is 11.2 Å². The van der Waals surface area contributed by atoms with E-state index in [2.05, 4.69) is 0 Å². The van der Waals surface area contributed by atoms with Crippen LogP contribution in [0.1, 0.15) is 60.0 Å². The summed E-state index contributed by atoms with van der Waals surface area (Å²) in [6, 6.07) is -3.55. The first kappa shape index (κ1) is 5.88. The molecule has 2 bridgehead atoms. The first-order valence-electron chi connectivity index (χ1n) is 13.2. The van der Waals surface area contributed by atoms with Gasteiger partial charge in [0.1, 0.15) is 5.75 Å². The monoisotopic (exact) mass is 297 g/mol. The van der Waals surface area contributed by atoms with Gasteiger partial charge in [-0.25, -0.2) is 0 Å². The lowest BCUT2D eigenvalue weighted by molar-refractivity contribution is -0.0112. The molecule has 1 saturated carbocycles. The van der Waals surface area contributed by atoms with Crippen LogP contribution in [-0.4, -0.2) is 31.6 Å². The van der Waals surface area contributed by atoms with Crippen molar-refractivity contribution in [3.8, 4) is 5.75 Å². The van der Waals surface area contributed by atoms with Gasteiger partial charge in [-0.2, -0.15) is 0 Å². The van der Waals surface area contributed by atoms with Crippen LogP contribution in [0.3, 0.4) is 0 Å². The molecule has 4 rings (SSSR count). The van der Waals surface area contributed by atoms with Crippen molar-refractivity contribution in [1.82, 2.24) is 4.90 Å². The summed E-state index contributed by atoms with van der Waals surface area (Å²) < 4.78 is 112. The Balaban J connectivity index is 2.33. The summed E-state index contributed by atoms with van der Waals surface area (Å²) in [5.74, 6) is -5.85. The van der Waals surface area contributed by atoms with Crippen molar-refractivity contribution in [1.29, 1.82) is 0 Å². The number of likely N-dealkylation sites (tertiary alicyclic amines) is 1. The maximum atomic E-state index is 9.62. The van der Waals surface area contributed by atoms with Gasteiger partial charge in [-0.3, -0.25) is 0 Å². The molecule has 0 N–H and O–H groups in total. The van der Waals surface area contributed by atoms with E-state index in [4.69, 9.17) is 18.4 Å². The predicted octanol–water partition coefficient (Wildman–Crippen LogP) is 3.63. The van der Waals surface area contributed by atoms with Gasteiger partial charge in [-0.15, -0.1) is 0 Å². The summed E-state index contributed by atoms with van der Waals surface area (Å²) in [4.78, 5) is 1.39. The normalized spacial score (nSPS) is 64.5. The summed E-state index contributed by atoms with van der Waals surface area (Å²) in [7, 11) is 2.68. The number of hydrogen-bond acceptors (Lipinski definition) is 2. The number of piperidine rings is 1. The number of nitrogens with zero attached hydrogens (tertiary/aromatic N) is 1. The zero-order chi connectivity index (χ0) is 25.4. The van der Waals surface area contributed by atoms with Crippen molar-refractivity contribution in [2.75, 3.05) is 20.7 Å². The molecule has 2 nitrogen and oxygen atoms in total. The first-order chi connectivity index (χ1) is 14.8. The third kappa shape index (κ3) is 1.88. The van der Waals surface area contributed by atoms with Gasteiger partial charge in [0, 0.05) is 23.8 Å². The molecule has 1 aromatic carbocycles. The summed E-state index contributed by atoms with van der Waals surface area (Å²) in [6.07, 6.45) is -10.0. The zero-order valence-electron chi connectivity index (χ0n) is 24.5. The van der Waals surface area contributed by atoms with Crippen molar-refractivity contribution >= 4 is 0 Å². The second-order valence-corrected chi connectivity index (χ2v) is 5.84. The largest absolute Gasteiger partial charge is 0.497 e. The molecular formula is C19H27NO. The molecule has 0 aromatic heterocycles. The van der Waals surface area contributed by atoms with E-state index in [9.17, 15) is 2.74 Å². The van der Waals surface area contributed by atoms with E-state index >= 15 is 0 Å². The maximum absolute atomic E-state index is 9.62. The average molecular weight is 298 g/mol. The number of hydrogen-bond donors (Lipinski definition) is 0. The zero-order valence-corrected chi connectivity index (χ0v) is 12.5. The van der Waals surface area contributed by atoms with Crippen LogP contribution in [-0.2, 0) is 11.8 Å². The number of ether oxygens (including phenoxy) is 1. The van der Waals surface area contributed by atoms with Crippen molar-refractivity contribution in [3.63, 3.8) is 0 Å². The van der Waals surface area contributed by atoms with E-state index in [-0.39, 0.29) is 29.8 Å². The molecule has 114 valence electrons. The first-order valence-corrected chi connectivity index (χ1v) is 7.16.